The Morgan fingerprint density at radius 3 is 2.53 bits per heavy atom. The van der Waals surface area contributed by atoms with Gasteiger partial charge in [-0.1, -0.05) is 0 Å². The number of benzene rings is 2. The number of H-pyrrole nitrogens is 1. The second-order valence-corrected chi connectivity index (χ2v) is 9.15. The molecule has 2 aromatic carbocycles. The topological polar surface area (TPSA) is 86.6 Å². The lowest BCUT2D eigenvalue weighted by atomic mass is 10.1. The van der Waals surface area contributed by atoms with E-state index in [9.17, 15) is 13.6 Å². The third-order valence-electron chi connectivity index (χ3n) is 7.12. The van der Waals surface area contributed by atoms with Crippen molar-refractivity contribution in [2.75, 3.05) is 6.54 Å². The molecule has 1 aliphatic carbocycles. The van der Waals surface area contributed by atoms with E-state index in [4.69, 9.17) is 5.73 Å². The summed E-state index contributed by atoms with van der Waals surface area (Å²) in [5.74, 6) is 0.0294. The highest BCUT2D eigenvalue weighted by atomic mass is 19.1. The Kier molecular flexibility index (Phi) is 4.70. The maximum Gasteiger partial charge on any atom is 0.348 e. The van der Waals surface area contributed by atoms with E-state index >= 15 is 0 Å². The predicted octanol–water partition coefficient (Wildman–Crippen LogP) is 4.25. The van der Waals surface area contributed by atoms with Crippen LogP contribution in [0.4, 0.5) is 8.78 Å². The summed E-state index contributed by atoms with van der Waals surface area (Å²) in [5, 5.41) is 8.08. The zero-order valence-corrected chi connectivity index (χ0v) is 18.6. The molecule has 9 heteroatoms. The van der Waals surface area contributed by atoms with Crippen LogP contribution in [-0.4, -0.2) is 30.4 Å². The van der Waals surface area contributed by atoms with E-state index in [1.165, 1.54) is 28.8 Å². The van der Waals surface area contributed by atoms with Gasteiger partial charge in [0.1, 0.15) is 11.6 Å². The molecule has 7 nitrogen and oxygen atoms in total. The lowest BCUT2D eigenvalue weighted by Crippen LogP contribution is -2.15. The van der Waals surface area contributed by atoms with Crippen molar-refractivity contribution in [2.45, 2.75) is 25.3 Å². The van der Waals surface area contributed by atoms with Gasteiger partial charge in [-0.05, 0) is 68.1 Å². The average molecular weight is 463 g/mol. The lowest BCUT2D eigenvalue weighted by molar-refractivity contribution is 0.491. The van der Waals surface area contributed by atoms with Crippen LogP contribution in [0.1, 0.15) is 25.3 Å². The van der Waals surface area contributed by atoms with Crippen LogP contribution in [0.15, 0.2) is 53.6 Å². The number of hydrogen-bond acceptors (Lipinski definition) is 3. The molecule has 5 aromatic rings. The minimum atomic E-state index is -0.446. The molecular formula is C25H24F2N6O. The van der Waals surface area contributed by atoms with Crippen LogP contribution in [0.2, 0.25) is 0 Å². The normalized spacial score (nSPS) is 18.5. The Morgan fingerprint density at radius 1 is 1.06 bits per heavy atom. The van der Waals surface area contributed by atoms with Crippen LogP contribution in [-0.2, 0) is 7.05 Å². The quantitative estimate of drug-likeness (QED) is 0.419. The average Bonchev–Trinajstić information content (AvgIpc) is 3.58. The molecule has 1 fully saturated rings. The molecule has 174 valence electrons. The zero-order valence-electron chi connectivity index (χ0n) is 18.6. The fourth-order valence-electron chi connectivity index (χ4n) is 5.45. The van der Waals surface area contributed by atoms with Crippen molar-refractivity contribution < 1.29 is 8.78 Å². The number of hydrogen-bond donors (Lipinski definition) is 2. The molecule has 0 aliphatic heterocycles. The highest BCUT2D eigenvalue weighted by Gasteiger charge is 2.28. The van der Waals surface area contributed by atoms with E-state index in [2.05, 4.69) is 14.8 Å². The van der Waals surface area contributed by atoms with Crippen LogP contribution in [0.3, 0.4) is 0 Å². The second kappa shape index (κ2) is 7.66. The lowest BCUT2D eigenvalue weighted by Gasteiger charge is -2.14. The van der Waals surface area contributed by atoms with E-state index in [1.807, 2.05) is 24.0 Å². The Morgan fingerprint density at radius 2 is 1.79 bits per heavy atom. The van der Waals surface area contributed by atoms with Crippen molar-refractivity contribution in [3.63, 3.8) is 0 Å². The number of fused-ring (bicyclic) bond motifs is 2. The summed E-state index contributed by atoms with van der Waals surface area (Å²) < 4.78 is 33.9. The summed E-state index contributed by atoms with van der Waals surface area (Å²) in [7, 11) is 1.86. The summed E-state index contributed by atoms with van der Waals surface area (Å²) in [5.41, 5.74) is 8.26. The van der Waals surface area contributed by atoms with Crippen LogP contribution in [0.5, 0.6) is 0 Å². The summed E-state index contributed by atoms with van der Waals surface area (Å²) in [6.07, 6.45) is 6.67. The van der Waals surface area contributed by atoms with Crippen LogP contribution < -0.4 is 11.4 Å². The molecule has 34 heavy (non-hydrogen) atoms. The highest BCUT2D eigenvalue weighted by molar-refractivity contribution is 5.96. The molecule has 3 N–H and O–H groups in total. The minimum Gasteiger partial charge on any atom is -0.350 e. The van der Waals surface area contributed by atoms with Gasteiger partial charge in [0.2, 0.25) is 0 Å². The van der Waals surface area contributed by atoms with E-state index in [0.29, 0.717) is 40.3 Å². The molecule has 6 rings (SSSR count). The molecule has 0 saturated heterocycles. The number of halogens is 2. The predicted molar refractivity (Wildman–Crippen MR) is 127 cm³/mol. The van der Waals surface area contributed by atoms with Crippen molar-refractivity contribution in [1.82, 2.24) is 23.9 Å². The number of nitrogens with two attached hydrogens (primary N) is 1. The first-order valence-corrected chi connectivity index (χ1v) is 11.4. The molecule has 0 spiro atoms. The molecular weight excluding hydrogens is 438 g/mol. The SMILES string of the molecule is Cn1cc(-c2n[nH]c(=O)n2-c2cn([C@H]3CC[C@@H](CN)C3)c3ccc(F)cc23)c2cc(F)ccc21. The maximum atomic E-state index is 14.4. The van der Waals surface area contributed by atoms with Crippen LogP contribution in [0, 0.1) is 17.6 Å². The third kappa shape index (κ3) is 3.11. The zero-order chi connectivity index (χ0) is 23.6. The fraction of sp³-hybridized carbons (Fsp3) is 0.280. The Bertz CT molecular complexity index is 1610. The number of nitrogens with one attached hydrogen (secondary N) is 1. The molecule has 3 heterocycles. The first-order valence-electron chi connectivity index (χ1n) is 11.4. The smallest absolute Gasteiger partial charge is 0.348 e. The Labute approximate surface area is 193 Å². The van der Waals surface area contributed by atoms with Gasteiger partial charge in [-0.15, -0.1) is 0 Å². The molecule has 1 aliphatic rings. The van der Waals surface area contributed by atoms with Crippen molar-refractivity contribution in [1.29, 1.82) is 0 Å². The first kappa shape index (κ1) is 20.9. The summed E-state index contributed by atoms with van der Waals surface area (Å²) in [6, 6.07) is 9.37. The Hall–Kier alpha value is -3.72. The molecule has 0 bridgehead atoms. The first-order chi connectivity index (χ1) is 16.4. The van der Waals surface area contributed by atoms with Gasteiger partial charge in [0, 0.05) is 47.3 Å². The van der Waals surface area contributed by atoms with Crippen LogP contribution >= 0.6 is 0 Å². The maximum absolute atomic E-state index is 14.4. The van der Waals surface area contributed by atoms with E-state index < -0.39 is 5.69 Å². The molecule has 0 unspecified atom stereocenters. The van der Waals surface area contributed by atoms with Crippen LogP contribution in [0.25, 0.3) is 38.9 Å². The summed E-state index contributed by atoms with van der Waals surface area (Å²) >= 11 is 0. The largest absolute Gasteiger partial charge is 0.350 e. The van der Waals surface area contributed by atoms with Crippen molar-refractivity contribution in [3.8, 4) is 17.1 Å². The molecule has 2 atom stereocenters. The van der Waals surface area contributed by atoms with Crippen molar-refractivity contribution in [3.05, 3.63) is 70.9 Å². The fourth-order valence-corrected chi connectivity index (χ4v) is 5.45. The highest BCUT2D eigenvalue weighted by Crippen LogP contribution is 2.39. The molecule has 0 radical (unpaired) electrons. The van der Waals surface area contributed by atoms with Gasteiger partial charge in [0.25, 0.3) is 0 Å². The van der Waals surface area contributed by atoms with Gasteiger partial charge >= 0.3 is 5.69 Å². The number of aromatic amines is 1. The van der Waals surface area contributed by atoms with Gasteiger partial charge < -0.3 is 14.9 Å². The number of rotatable bonds is 4. The number of aryl methyl sites for hydroxylation is 1. The molecule has 1 saturated carbocycles. The Balaban J connectivity index is 1.59. The van der Waals surface area contributed by atoms with Gasteiger partial charge in [-0.3, -0.25) is 0 Å². The monoisotopic (exact) mass is 462 g/mol. The molecule has 0 amide bonds. The van der Waals surface area contributed by atoms with E-state index in [1.54, 1.807) is 12.1 Å². The standard InChI is InChI=1S/C25H24F2N6O/c1-31-12-20(18-9-15(26)3-6-21(18)31)24-29-30-25(34)33(24)23-13-32(17-5-2-14(8-17)11-28)22-7-4-16(27)10-19(22)23/h3-4,6-7,9-10,12-14,17H,2,5,8,11,28H2,1H3,(H,30,34)/t14-,17+/m1/s1. The third-order valence-corrected chi connectivity index (χ3v) is 7.12. The van der Waals surface area contributed by atoms with E-state index in [0.717, 1.165) is 30.3 Å². The van der Waals surface area contributed by atoms with Crippen molar-refractivity contribution in [2.24, 2.45) is 18.7 Å². The number of nitrogens with zero attached hydrogens (tertiary/aromatic N) is 4. The molecule has 3 aromatic heterocycles. The van der Waals surface area contributed by atoms with Gasteiger partial charge in [0.05, 0.1) is 11.2 Å². The van der Waals surface area contributed by atoms with Gasteiger partial charge in [-0.25, -0.2) is 23.2 Å². The number of aromatic nitrogens is 5. The minimum absolute atomic E-state index is 0.216. The second-order valence-electron chi connectivity index (χ2n) is 9.15. The van der Waals surface area contributed by atoms with Crippen molar-refractivity contribution >= 4 is 21.8 Å². The van der Waals surface area contributed by atoms with Gasteiger partial charge in [0.15, 0.2) is 5.82 Å². The van der Waals surface area contributed by atoms with Gasteiger partial charge in [-0.2, -0.15) is 5.10 Å². The summed E-state index contributed by atoms with van der Waals surface area (Å²) in [6.45, 7) is 0.639. The van der Waals surface area contributed by atoms with E-state index in [-0.39, 0.29) is 17.7 Å². The summed E-state index contributed by atoms with van der Waals surface area (Å²) in [4.78, 5) is 13.0.